The highest BCUT2D eigenvalue weighted by Gasteiger charge is 2.07. The number of allylic oxidation sites excluding steroid dienone is 2. The van der Waals surface area contributed by atoms with Crippen LogP contribution in [0.4, 0.5) is 5.69 Å². The monoisotopic (exact) mass is 312 g/mol. The van der Waals surface area contributed by atoms with Crippen molar-refractivity contribution >= 4 is 17.0 Å². The van der Waals surface area contributed by atoms with Crippen LogP contribution in [0.1, 0.15) is 43.4 Å². The van der Waals surface area contributed by atoms with Gasteiger partial charge in [0.1, 0.15) is 0 Å². The molecule has 1 aliphatic carbocycles. The lowest BCUT2D eigenvalue weighted by Crippen LogP contribution is -2.16. The SMILES string of the molecule is Cc1ccccc1N=c1scc(C)n1CCC1=CCCCC1. The minimum absolute atomic E-state index is 1.05. The fourth-order valence-electron chi connectivity index (χ4n) is 2.95. The first-order valence-corrected chi connectivity index (χ1v) is 9.05. The maximum absolute atomic E-state index is 4.89. The predicted molar refractivity (Wildman–Crippen MR) is 94.6 cm³/mol. The normalized spacial score (nSPS) is 15.9. The zero-order valence-electron chi connectivity index (χ0n) is 13.5. The molecule has 0 saturated carbocycles. The minimum atomic E-state index is 1.05. The first-order valence-electron chi connectivity index (χ1n) is 8.17. The van der Waals surface area contributed by atoms with E-state index in [2.05, 4.69) is 54.1 Å². The van der Waals surface area contributed by atoms with Gasteiger partial charge in [0.15, 0.2) is 4.80 Å². The van der Waals surface area contributed by atoms with Crippen molar-refractivity contribution in [2.45, 2.75) is 52.5 Å². The third-order valence-corrected chi connectivity index (χ3v) is 5.35. The van der Waals surface area contributed by atoms with Crippen LogP contribution in [0.25, 0.3) is 0 Å². The number of hydrogen-bond acceptors (Lipinski definition) is 2. The Balaban J connectivity index is 1.84. The Bertz CT molecular complexity index is 734. The highest BCUT2D eigenvalue weighted by molar-refractivity contribution is 7.07. The zero-order valence-corrected chi connectivity index (χ0v) is 14.3. The summed E-state index contributed by atoms with van der Waals surface area (Å²) < 4.78 is 2.37. The van der Waals surface area contributed by atoms with E-state index in [1.807, 2.05) is 0 Å². The van der Waals surface area contributed by atoms with Gasteiger partial charge in [-0.25, -0.2) is 4.99 Å². The van der Waals surface area contributed by atoms with E-state index in [4.69, 9.17) is 4.99 Å². The largest absolute Gasteiger partial charge is 0.321 e. The summed E-state index contributed by atoms with van der Waals surface area (Å²) in [6.45, 7) is 5.35. The Morgan fingerprint density at radius 3 is 2.82 bits per heavy atom. The van der Waals surface area contributed by atoms with Gasteiger partial charge in [0.2, 0.25) is 0 Å². The van der Waals surface area contributed by atoms with Crippen molar-refractivity contribution in [3.05, 3.63) is 57.4 Å². The summed E-state index contributed by atoms with van der Waals surface area (Å²) in [4.78, 5) is 6.00. The van der Waals surface area contributed by atoms with Gasteiger partial charge in [-0.1, -0.05) is 29.8 Å². The molecule has 3 heteroatoms. The molecule has 1 heterocycles. The van der Waals surface area contributed by atoms with Crippen LogP contribution in [-0.2, 0) is 6.54 Å². The van der Waals surface area contributed by atoms with Crippen LogP contribution >= 0.6 is 11.3 Å². The van der Waals surface area contributed by atoms with Crippen molar-refractivity contribution in [3.63, 3.8) is 0 Å². The molecule has 0 bridgehead atoms. The standard InChI is InChI=1S/C19H24N2S/c1-15-8-6-7-11-18(15)20-19-21(16(2)14-22-19)13-12-17-9-4-3-5-10-17/h6-9,11,14H,3-5,10,12-13H2,1-2H3. The van der Waals surface area contributed by atoms with Gasteiger partial charge in [0, 0.05) is 17.6 Å². The number of hydrogen-bond donors (Lipinski definition) is 0. The number of para-hydroxylation sites is 1. The van der Waals surface area contributed by atoms with Gasteiger partial charge in [0.05, 0.1) is 5.69 Å². The average Bonchev–Trinajstić information content (AvgIpc) is 2.89. The van der Waals surface area contributed by atoms with E-state index in [-0.39, 0.29) is 0 Å². The van der Waals surface area contributed by atoms with Crippen LogP contribution in [0.5, 0.6) is 0 Å². The molecule has 3 rings (SSSR count). The van der Waals surface area contributed by atoms with Crippen LogP contribution < -0.4 is 4.80 Å². The van der Waals surface area contributed by atoms with E-state index in [0.29, 0.717) is 0 Å². The maximum atomic E-state index is 4.89. The molecule has 1 aromatic carbocycles. The molecule has 0 fully saturated rings. The van der Waals surface area contributed by atoms with E-state index in [1.165, 1.54) is 43.4 Å². The zero-order chi connectivity index (χ0) is 15.4. The smallest absolute Gasteiger partial charge is 0.190 e. The van der Waals surface area contributed by atoms with Crippen LogP contribution in [0.15, 0.2) is 46.3 Å². The number of aromatic nitrogens is 1. The van der Waals surface area contributed by atoms with Gasteiger partial charge in [0.25, 0.3) is 0 Å². The Morgan fingerprint density at radius 2 is 2.05 bits per heavy atom. The predicted octanol–water partition coefficient (Wildman–Crippen LogP) is 5.29. The number of benzene rings is 1. The maximum Gasteiger partial charge on any atom is 0.190 e. The number of thiazole rings is 1. The molecule has 2 aromatic rings. The lowest BCUT2D eigenvalue weighted by atomic mass is 9.97. The van der Waals surface area contributed by atoms with E-state index in [1.54, 1.807) is 16.9 Å². The van der Waals surface area contributed by atoms with Crippen molar-refractivity contribution < 1.29 is 0 Å². The molecule has 0 atom stereocenters. The molecule has 0 radical (unpaired) electrons. The third kappa shape index (κ3) is 3.58. The Hall–Kier alpha value is -1.61. The lowest BCUT2D eigenvalue weighted by molar-refractivity contribution is 0.608. The van der Waals surface area contributed by atoms with E-state index in [0.717, 1.165) is 17.0 Å². The summed E-state index contributed by atoms with van der Waals surface area (Å²) >= 11 is 1.74. The molecule has 0 saturated heterocycles. The molecular weight excluding hydrogens is 288 g/mol. The van der Waals surface area contributed by atoms with Gasteiger partial charge in [-0.15, -0.1) is 11.3 Å². The molecule has 0 unspecified atom stereocenters. The Morgan fingerprint density at radius 1 is 1.18 bits per heavy atom. The van der Waals surface area contributed by atoms with Crippen LogP contribution in [0.2, 0.25) is 0 Å². The van der Waals surface area contributed by atoms with Gasteiger partial charge in [-0.05, 0) is 57.6 Å². The second kappa shape index (κ2) is 7.10. The third-order valence-electron chi connectivity index (χ3n) is 4.36. The van der Waals surface area contributed by atoms with Crippen LogP contribution in [-0.4, -0.2) is 4.57 Å². The van der Waals surface area contributed by atoms with E-state index < -0.39 is 0 Å². The molecule has 0 N–H and O–H groups in total. The van der Waals surface area contributed by atoms with Crippen LogP contribution in [0.3, 0.4) is 0 Å². The van der Waals surface area contributed by atoms with Crippen molar-refractivity contribution in [2.24, 2.45) is 4.99 Å². The molecular formula is C19H24N2S. The molecule has 2 nitrogen and oxygen atoms in total. The molecule has 1 aliphatic rings. The minimum Gasteiger partial charge on any atom is -0.321 e. The summed E-state index contributed by atoms with van der Waals surface area (Å²) in [6.07, 6.45) is 8.89. The average molecular weight is 312 g/mol. The van der Waals surface area contributed by atoms with Crippen molar-refractivity contribution in [3.8, 4) is 0 Å². The molecule has 0 spiro atoms. The molecule has 0 aliphatic heterocycles. The number of nitrogens with zero attached hydrogens (tertiary/aromatic N) is 2. The summed E-state index contributed by atoms with van der Waals surface area (Å²) in [5.41, 5.74) is 5.25. The fraction of sp³-hybridized carbons (Fsp3) is 0.421. The number of aryl methyl sites for hydroxylation is 2. The van der Waals surface area contributed by atoms with Crippen molar-refractivity contribution in [2.75, 3.05) is 0 Å². The molecule has 0 amide bonds. The van der Waals surface area contributed by atoms with E-state index in [9.17, 15) is 0 Å². The fourth-order valence-corrected chi connectivity index (χ4v) is 3.87. The Labute approximate surface area is 136 Å². The second-order valence-electron chi connectivity index (χ2n) is 6.07. The summed E-state index contributed by atoms with van der Waals surface area (Å²) in [6, 6.07) is 8.34. The van der Waals surface area contributed by atoms with E-state index >= 15 is 0 Å². The molecule has 1 aromatic heterocycles. The van der Waals surface area contributed by atoms with Crippen molar-refractivity contribution in [1.29, 1.82) is 0 Å². The topological polar surface area (TPSA) is 17.3 Å². The quantitative estimate of drug-likeness (QED) is 0.683. The highest BCUT2D eigenvalue weighted by atomic mass is 32.1. The van der Waals surface area contributed by atoms with Gasteiger partial charge >= 0.3 is 0 Å². The number of rotatable bonds is 4. The molecule has 22 heavy (non-hydrogen) atoms. The first kappa shape index (κ1) is 15.3. The lowest BCUT2D eigenvalue weighted by Gasteiger charge is -2.13. The first-order chi connectivity index (χ1) is 10.7. The summed E-state index contributed by atoms with van der Waals surface area (Å²) in [7, 11) is 0. The summed E-state index contributed by atoms with van der Waals surface area (Å²) in [5, 5.41) is 2.21. The van der Waals surface area contributed by atoms with Gasteiger partial charge in [-0.2, -0.15) is 0 Å². The van der Waals surface area contributed by atoms with Crippen LogP contribution in [0, 0.1) is 13.8 Å². The summed E-state index contributed by atoms with van der Waals surface area (Å²) in [5.74, 6) is 0. The second-order valence-corrected chi connectivity index (χ2v) is 6.90. The van der Waals surface area contributed by atoms with Gasteiger partial charge in [-0.3, -0.25) is 0 Å². The Kier molecular flexibility index (Phi) is 4.94. The molecule has 116 valence electrons. The highest BCUT2D eigenvalue weighted by Crippen LogP contribution is 2.21. The van der Waals surface area contributed by atoms with Crippen molar-refractivity contribution in [1.82, 2.24) is 4.57 Å². The van der Waals surface area contributed by atoms with Gasteiger partial charge < -0.3 is 4.57 Å².